The largest absolute Gasteiger partial charge is 0.494 e. The Kier molecular flexibility index (Phi) is 5.17. The van der Waals surface area contributed by atoms with Gasteiger partial charge in [0, 0.05) is 36.6 Å². The van der Waals surface area contributed by atoms with Crippen molar-refractivity contribution >= 4 is 32.3 Å². The molecule has 0 bridgehead atoms. The molecule has 1 aliphatic rings. The van der Waals surface area contributed by atoms with Gasteiger partial charge < -0.3 is 20.1 Å². The molecule has 164 valence electrons. The van der Waals surface area contributed by atoms with Crippen molar-refractivity contribution in [1.82, 2.24) is 14.2 Å². The van der Waals surface area contributed by atoms with Gasteiger partial charge in [-0.25, -0.2) is 13.4 Å². The minimum absolute atomic E-state index is 0.109. The molecule has 0 spiro atoms. The topological polar surface area (TPSA) is 109 Å². The fourth-order valence-electron chi connectivity index (χ4n) is 3.84. The van der Waals surface area contributed by atoms with E-state index in [4.69, 9.17) is 0 Å². The molecule has 1 aliphatic heterocycles. The molecule has 0 fully saturated rings. The molecule has 3 aromatic rings. The molecule has 31 heavy (non-hydrogen) atoms. The molecule has 0 saturated carbocycles. The number of nitrogens with one attached hydrogen (secondary N) is 1. The van der Waals surface area contributed by atoms with Crippen molar-refractivity contribution in [3.63, 3.8) is 0 Å². The van der Waals surface area contributed by atoms with Crippen LogP contribution >= 0.6 is 0 Å². The molecule has 0 radical (unpaired) electrons. The van der Waals surface area contributed by atoms with Gasteiger partial charge >= 0.3 is 0 Å². The van der Waals surface area contributed by atoms with Crippen LogP contribution in [0.3, 0.4) is 0 Å². The van der Waals surface area contributed by atoms with E-state index in [1.54, 1.807) is 32.2 Å². The van der Waals surface area contributed by atoms with Crippen molar-refractivity contribution in [2.24, 2.45) is 4.99 Å². The van der Waals surface area contributed by atoms with E-state index in [-0.39, 0.29) is 16.5 Å². The summed E-state index contributed by atoms with van der Waals surface area (Å²) in [6.45, 7) is 2.55. The third-order valence-electron chi connectivity index (χ3n) is 5.68. The van der Waals surface area contributed by atoms with Crippen LogP contribution in [0.4, 0.5) is 5.69 Å². The Hall–Kier alpha value is -2.72. The Balaban J connectivity index is 1.82. The number of likely N-dealkylation sites (N-methyl/N-ethyl adjacent to an activating group) is 2. The quantitative estimate of drug-likeness (QED) is 0.543. The number of para-hydroxylation sites is 1. The molecule has 0 aliphatic carbocycles. The lowest BCUT2D eigenvalue weighted by atomic mass is 9.88. The Labute approximate surface area is 181 Å². The third kappa shape index (κ3) is 3.53. The number of sulfonamides is 1. The number of nitrogens with zero attached hydrogens (tertiary/aromatic N) is 3. The van der Waals surface area contributed by atoms with Gasteiger partial charge in [0.25, 0.3) is 0 Å². The number of aromatic nitrogens is 1. The maximum absolute atomic E-state index is 13.1. The van der Waals surface area contributed by atoms with Crippen molar-refractivity contribution in [3.05, 3.63) is 53.6 Å². The molecule has 9 heteroatoms. The zero-order chi connectivity index (χ0) is 22.6. The number of hydrogen-bond acceptors (Lipinski definition) is 6. The average molecular weight is 443 g/mol. The van der Waals surface area contributed by atoms with E-state index >= 15 is 0 Å². The number of fused-ring (bicyclic) bond motifs is 2. The van der Waals surface area contributed by atoms with Crippen molar-refractivity contribution in [2.75, 3.05) is 34.2 Å². The fraction of sp³-hybridized carbons (Fsp3) is 0.318. The standard InChI is InChI=1S/C22H26N4O4S/c1-22(28)16-7-5-6-8-18(16)23-20(22)19-15-13-14(9-10-17(15)24-21(19)27)31(29,30)26(4)12-11-25(2)3/h5-10,13,24,27-28H,11-12H2,1-4H3. The van der Waals surface area contributed by atoms with Crippen molar-refractivity contribution in [2.45, 2.75) is 17.4 Å². The molecular weight excluding hydrogens is 416 g/mol. The van der Waals surface area contributed by atoms with Gasteiger partial charge in [-0.05, 0) is 45.3 Å². The maximum atomic E-state index is 13.1. The van der Waals surface area contributed by atoms with E-state index in [2.05, 4.69) is 9.98 Å². The number of aromatic hydroxyl groups is 1. The van der Waals surface area contributed by atoms with Gasteiger partial charge in [0.1, 0.15) is 5.60 Å². The molecule has 2 heterocycles. The van der Waals surface area contributed by atoms with Gasteiger partial charge in [0.15, 0.2) is 5.88 Å². The predicted molar refractivity (Wildman–Crippen MR) is 121 cm³/mol. The van der Waals surface area contributed by atoms with Crippen LogP contribution in [-0.4, -0.2) is 72.8 Å². The molecule has 4 rings (SSSR count). The van der Waals surface area contributed by atoms with Gasteiger partial charge in [-0.15, -0.1) is 0 Å². The van der Waals surface area contributed by atoms with E-state index < -0.39 is 15.6 Å². The Morgan fingerprint density at radius 3 is 2.48 bits per heavy atom. The van der Waals surface area contributed by atoms with Crippen molar-refractivity contribution in [3.8, 4) is 5.88 Å². The molecule has 3 N–H and O–H groups in total. The number of benzene rings is 2. The van der Waals surface area contributed by atoms with Crippen LogP contribution < -0.4 is 0 Å². The first-order valence-corrected chi connectivity index (χ1v) is 11.3. The van der Waals surface area contributed by atoms with Gasteiger partial charge in [-0.1, -0.05) is 18.2 Å². The summed E-state index contributed by atoms with van der Waals surface area (Å²) in [4.78, 5) is 9.44. The first-order chi connectivity index (χ1) is 14.5. The highest BCUT2D eigenvalue weighted by molar-refractivity contribution is 7.89. The van der Waals surface area contributed by atoms with E-state index in [9.17, 15) is 18.6 Å². The number of aliphatic hydroxyl groups is 1. The summed E-state index contributed by atoms with van der Waals surface area (Å²) in [5, 5.41) is 22.3. The number of aromatic amines is 1. The molecular formula is C22H26N4O4S. The first kappa shape index (κ1) is 21.5. The highest BCUT2D eigenvalue weighted by Gasteiger charge is 2.40. The number of aliphatic imine (C=N–C) groups is 1. The summed E-state index contributed by atoms with van der Waals surface area (Å²) in [5.41, 5.74) is 0.934. The van der Waals surface area contributed by atoms with Gasteiger partial charge in [0.05, 0.1) is 21.9 Å². The molecule has 1 aromatic heterocycles. The van der Waals surface area contributed by atoms with E-state index in [1.165, 1.54) is 16.4 Å². The number of rotatable bonds is 6. The van der Waals surface area contributed by atoms with Crippen LogP contribution in [0.5, 0.6) is 5.88 Å². The van der Waals surface area contributed by atoms with Crippen LogP contribution in [0.25, 0.3) is 10.9 Å². The average Bonchev–Trinajstić information content (AvgIpc) is 3.17. The summed E-state index contributed by atoms with van der Waals surface area (Å²) in [7, 11) is 1.58. The zero-order valence-corrected chi connectivity index (χ0v) is 18.7. The second-order valence-corrected chi connectivity index (χ2v) is 10.3. The van der Waals surface area contributed by atoms with Crippen LogP contribution in [0.1, 0.15) is 18.1 Å². The summed E-state index contributed by atoms with van der Waals surface area (Å²) in [5.74, 6) is -0.169. The second kappa shape index (κ2) is 7.45. The second-order valence-electron chi connectivity index (χ2n) is 8.24. The lowest BCUT2D eigenvalue weighted by Gasteiger charge is -2.21. The lowest BCUT2D eigenvalue weighted by Crippen LogP contribution is -2.33. The van der Waals surface area contributed by atoms with E-state index in [0.717, 1.165) is 0 Å². The fourth-order valence-corrected chi connectivity index (χ4v) is 5.03. The molecule has 2 aromatic carbocycles. The monoisotopic (exact) mass is 442 g/mol. The Morgan fingerprint density at radius 2 is 1.81 bits per heavy atom. The van der Waals surface area contributed by atoms with E-state index in [1.807, 2.05) is 31.1 Å². The summed E-state index contributed by atoms with van der Waals surface area (Å²) < 4.78 is 27.5. The van der Waals surface area contributed by atoms with Crippen LogP contribution in [0, 0.1) is 0 Å². The van der Waals surface area contributed by atoms with Gasteiger partial charge in [-0.3, -0.25) is 0 Å². The molecule has 0 saturated heterocycles. The Morgan fingerprint density at radius 1 is 1.10 bits per heavy atom. The number of H-pyrrole nitrogens is 1. The van der Waals surface area contributed by atoms with E-state index in [0.29, 0.717) is 40.8 Å². The molecule has 0 amide bonds. The summed E-state index contributed by atoms with van der Waals surface area (Å²) in [6, 6.07) is 11.9. The van der Waals surface area contributed by atoms with Crippen molar-refractivity contribution in [1.29, 1.82) is 0 Å². The predicted octanol–water partition coefficient (Wildman–Crippen LogP) is 2.40. The summed E-state index contributed by atoms with van der Waals surface area (Å²) >= 11 is 0. The highest BCUT2D eigenvalue weighted by Crippen LogP contribution is 2.44. The normalized spacial score (nSPS) is 18.7. The SMILES string of the molecule is CN(C)CCN(C)S(=O)(=O)c1ccc2[nH]c(O)c(C3=Nc4ccccc4C3(C)O)c2c1. The maximum Gasteiger partial charge on any atom is 0.242 e. The first-order valence-electron chi connectivity index (χ1n) is 9.90. The van der Waals surface area contributed by atoms with Crippen LogP contribution in [0.15, 0.2) is 52.4 Å². The molecule has 1 unspecified atom stereocenters. The Bertz CT molecular complexity index is 1290. The van der Waals surface area contributed by atoms with Crippen LogP contribution in [-0.2, 0) is 15.6 Å². The summed E-state index contributed by atoms with van der Waals surface area (Å²) in [6.07, 6.45) is 0. The third-order valence-corrected chi connectivity index (χ3v) is 7.53. The van der Waals surface area contributed by atoms with Gasteiger partial charge in [0.2, 0.25) is 10.0 Å². The lowest BCUT2D eigenvalue weighted by molar-refractivity contribution is 0.137. The molecule has 1 atom stereocenters. The number of hydrogen-bond donors (Lipinski definition) is 3. The van der Waals surface area contributed by atoms with Crippen LogP contribution in [0.2, 0.25) is 0 Å². The highest BCUT2D eigenvalue weighted by atomic mass is 32.2. The minimum atomic E-state index is -3.73. The minimum Gasteiger partial charge on any atom is -0.494 e. The smallest absolute Gasteiger partial charge is 0.242 e. The molecule has 8 nitrogen and oxygen atoms in total. The van der Waals surface area contributed by atoms with Crippen molar-refractivity contribution < 1.29 is 18.6 Å². The zero-order valence-electron chi connectivity index (χ0n) is 17.9. The van der Waals surface area contributed by atoms with Gasteiger partial charge in [-0.2, -0.15) is 4.31 Å².